The van der Waals surface area contributed by atoms with Crippen LogP contribution in [-0.4, -0.2) is 60.7 Å². The molecule has 1 aliphatic rings. The van der Waals surface area contributed by atoms with Gasteiger partial charge in [-0.05, 0) is 30.9 Å². The van der Waals surface area contributed by atoms with Crippen molar-refractivity contribution in [2.75, 3.05) is 6.54 Å². The molecule has 9 nitrogen and oxygen atoms in total. The molecule has 2 aromatic heterocycles. The third kappa shape index (κ3) is 5.02. The van der Waals surface area contributed by atoms with Crippen LogP contribution in [0.1, 0.15) is 49.1 Å². The topological polar surface area (TPSA) is 124 Å². The lowest BCUT2D eigenvalue weighted by Crippen LogP contribution is -2.48. The van der Waals surface area contributed by atoms with Gasteiger partial charge in [0.1, 0.15) is 17.7 Å². The molecule has 4 rings (SSSR count). The van der Waals surface area contributed by atoms with Gasteiger partial charge in [-0.3, -0.25) is 14.7 Å². The fourth-order valence-electron chi connectivity index (χ4n) is 4.36. The molecule has 3 heterocycles. The number of H-pyrrole nitrogens is 1. The lowest BCUT2D eigenvalue weighted by molar-refractivity contribution is -0.140. The molecule has 2 amide bonds. The van der Waals surface area contributed by atoms with Crippen molar-refractivity contribution in [2.24, 2.45) is 5.92 Å². The molecule has 3 aromatic rings. The molecule has 0 spiro atoms. The lowest BCUT2D eigenvalue weighted by atomic mass is 9.93. The largest absolute Gasteiger partial charge is 0.391 e. The maximum Gasteiger partial charge on any atom is 0.243 e. The third-order valence-electron chi connectivity index (χ3n) is 6.13. The van der Waals surface area contributed by atoms with Crippen LogP contribution in [0.2, 0.25) is 0 Å². The van der Waals surface area contributed by atoms with E-state index in [4.69, 9.17) is 0 Å². The van der Waals surface area contributed by atoms with Gasteiger partial charge < -0.3 is 15.3 Å². The van der Waals surface area contributed by atoms with E-state index in [9.17, 15) is 14.7 Å². The fraction of sp³-hybridized carbons (Fsp3) is 0.458. The molecule has 1 saturated heterocycles. The van der Waals surface area contributed by atoms with Crippen LogP contribution in [0.4, 0.5) is 0 Å². The van der Waals surface area contributed by atoms with E-state index in [-0.39, 0.29) is 30.7 Å². The number of thiazole rings is 1. The highest BCUT2D eigenvalue weighted by atomic mass is 32.1. The number of carbonyl (C=O) groups is 2. The normalized spacial score (nSPS) is 18.9. The average Bonchev–Trinajstić information content (AvgIpc) is 3.52. The van der Waals surface area contributed by atoms with E-state index in [0.29, 0.717) is 18.2 Å². The van der Waals surface area contributed by atoms with Crippen LogP contribution in [0.15, 0.2) is 29.8 Å². The number of benzene rings is 1. The van der Waals surface area contributed by atoms with E-state index < -0.39 is 18.1 Å². The Hall–Kier alpha value is -3.11. The van der Waals surface area contributed by atoms with Crippen molar-refractivity contribution in [1.82, 2.24) is 30.4 Å². The zero-order chi connectivity index (χ0) is 24.4. The van der Waals surface area contributed by atoms with Crippen LogP contribution in [0.3, 0.4) is 0 Å². The van der Waals surface area contributed by atoms with Crippen molar-refractivity contribution in [1.29, 1.82) is 0 Å². The summed E-state index contributed by atoms with van der Waals surface area (Å²) in [7, 11) is 0. The minimum Gasteiger partial charge on any atom is -0.391 e. The van der Waals surface area contributed by atoms with Gasteiger partial charge in [-0.15, -0.1) is 11.3 Å². The molecule has 3 N–H and O–H groups in total. The second kappa shape index (κ2) is 10.0. The summed E-state index contributed by atoms with van der Waals surface area (Å²) in [5.41, 5.74) is 4.87. The molecule has 0 radical (unpaired) electrons. The summed E-state index contributed by atoms with van der Waals surface area (Å²) in [5.74, 6) is -0.0859. The Labute approximate surface area is 202 Å². The van der Waals surface area contributed by atoms with Crippen LogP contribution in [-0.2, 0) is 16.1 Å². The van der Waals surface area contributed by atoms with E-state index in [1.807, 2.05) is 50.5 Å². The number of likely N-dealkylation sites (tertiary alicyclic amines) is 1. The molecule has 0 unspecified atom stereocenters. The molecule has 1 aliphatic heterocycles. The molecular formula is C24H30N6O3S. The molecule has 0 saturated carbocycles. The predicted molar refractivity (Wildman–Crippen MR) is 129 cm³/mol. The van der Waals surface area contributed by atoms with Gasteiger partial charge in [-0.1, -0.05) is 38.1 Å². The Balaban J connectivity index is 1.43. The van der Waals surface area contributed by atoms with Crippen LogP contribution in [0.25, 0.3) is 10.4 Å². The van der Waals surface area contributed by atoms with Crippen LogP contribution in [0, 0.1) is 19.8 Å². The maximum atomic E-state index is 13.5. The number of aromatic amines is 1. The van der Waals surface area contributed by atoms with E-state index in [1.54, 1.807) is 18.3 Å². The van der Waals surface area contributed by atoms with E-state index in [0.717, 1.165) is 21.7 Å². The number of nitrogens with one attached hydrogen (secondary N) is 2. The van der Waals surface area contributed by atoms with Gasteiger partial charge in [0.2, 0.25) is 11.8 Å². The van der Waals surface area contributed by atoms with Crippen molar-refractivity contribution in [3.05, 3.63) is 52.7 Å². The highest BCUT2D eigenvalue weighted by Crippen LogP contribution is 2.29. The molecule has 0 aliphatic carbocycles. The number of rotatable bonds is 7. The first-order chi connectivity index (χ1) is 16.2. The van der Waals surface area contributed by atoms with Gasteiger partial charge >= 0.3 is 0 Å². The number of hydrogen-bond acceptors (Lipinski definition) is 7. The van der Waals surface area contributed by atoms with E-state index >= 15 is 0 Å². The number of aryl methyl sites for hydroxylation is 2. The SMILES string of the molecule is Cc1n[nH]c([C@H](C(=O)N2C[C@H](O)C[C@H]2C(=O)NCc2ccc(-c3scnc3C)cc2)C(C)C)n1. The number of nitrogens with zero attached hydrogens (tertiary/aromatic N) is 4. The Morgan fingerprint density at radius 3 is 2.59 bits per heavy atom. The lowest BCUT2D eigenvalue weighted by Gasteiger charge is -2.28. The summed E-state index contributed by atoms with van der Waals surface area (Å²) >= 11 is 1.60. The summed E-state index contributed by atoms with van der Waals surface area (Å²) in [5, 5.41) is 20.1. The average molecular weight is 483 g/mol. The van der Waals surface area contributed by atoms with Crippen molar-refractivity contribution >= 4 is 23.2 Å². The number of carbonyl (C=O) groups excluding carboxylic acids is 2. The minimum atomic E-state index is -0.745. The first kappa shape index (κ1) is 24.0. The van der Waals surface area contributed by atoms with Crippen LogP contribution in [0.5, 0.6) is 0 Å². The zero-order valence-corrected chi connectivity index (χ0v) is 20.6. The van der Waals surface area contributed by atoms with Gasteiger partial charge in [0.15, 0.2) is 0 Å². The number of hydrogen-bond donors (Lipinski definition) is 3. The van der Waals surface area contributed by atoms with E-state index in [2.05, 4.69) is 25.5 Å². The summed E-state index contributed by atoms with van der Waals surface area (Å²) in [6.07, 6.45) is -0.535. The monoisotopic (exact) mass is 482 g/mol. The molecule has 1 aromatic carbocycles. The minimum absolute atomic E-state index is 0.0537. The van der Waals surface area contributed by atoms with Crippen molar-refractivity contribution in [2.45, 2.75) is 58.7 Å². The van der Waals surface area contributed by atoms with Gasteiger partial charge in [0.05, 0.1) is 28.1 Å². The summed E-state index contributed by atoms with van der Waals surface area (Å²) in [4.78, 5) is 37.7. The Morgan fingerprint density at radius 1 is 1.26 bits per heavy atom. The van der Waals surface area contributed by atoms with Crippen LogP contribution >= 0.6 is 11.3 Å². The van der Waals surface area contributed by atoms with Crippen molar-refractivity contribution in [3.8, 4) is 10.4 Å². The highest BCUT2D eigenvalue weighted by Gasteiger charge is 2.42. The summed E-state index contributed by atoms with van der Waals surface area (Å²) in [6, 6.07) is 7.25. The summed E-state index contributed by atoms with van der Waals surface area (Å²) < 4.78 is 0. The zero-order valence-electron chi connectivity index (χ0n) is 19.8. The second-order valence-corrected chi connectivity index (χ2v) is 9.92. The first-order valence-corrected chi connectivity index (χ1v) is 12.3. The Bertz CT molecular complexity index is 1160. The van der Waals surface area contributed by atoms with Gasteiger partial charge in [0.25, 0.3) is 0 Å². The van der Waals surface area contributed by atoms with Crippen molar-refractivity contribution in [3.63, 3.8) is 0 Å². The van der Waals surface area contributed by atoms with E-state index in [1.165, 1.54) is 4.90 Å². The molecule has 1 fully saturated rings. The van der Waals surface area contributed by atoms with Gasteiger partial charge in [-0.25, -0.2) is 9.97 Å². The van der Waals surface area contributed by atoms with Crippen LogP contribution < -0.4 is 5.32 Å². The van der Waals surface area contributed by atoms with Gasteiger partial charge in [-0.2, -0.15) is 5.10 Å². The molecule has 3 atom stereocenters. The fourth-order valence-corrected chi connectivity index (χ4v) is 5.18. The third-order valence-corrected chi connectivity index (χ3v) is 7.11. The molecule has 180 valence electrons. The van der Waals surface area contributed by atoms with Crippen molar-refractivity contribution < 1.29 is 14.7 Å². The quantitative estimate of drug-likeness (QED) is 0.475. The smallest absolute Gasteiger partial charge is 0.243 e. The molecule has 0 bridgehead atoms. The number of aliphatic hydroxyl groups is 1. The predicted octanol–water partition coefficient (Wildman–Crippen LogP) is 2.56. The number of aliphatic hydroxyl groups excluding tert-OH is 1. The standard InChI is InChI=1S/C24H30N6O3S/c1-13(2)20(22-27-15(4)28-29-22)24(33)30-11-18(31)9-19(30)23(32)25-10-16-5-7-17(8-6-16)21-14(3)26-12-34-21/h5-8,12-13,18-20,31H,9-11H2,1-4H3,(H,25,32)(H,27,28,29)/t18-,19+,20-/m1/s1. The number of aromatic nitrogens is 4. The molecular weight excluding hydrogens is 452 g/mol. The number of β-amino-alcohol motifs (C(OH)–C–C–N with tert-alkyl or cyclic N) is 1. The Kier molecular flexibility index (Phi) is 7.08. The Morgan fingerprint density at radius 2 is 2.00 bits per heavy atom. The van der Waals surface area contributed by atoms with Gasteiger partial charge in [0, 0.05) is 19.5 Å². The summed E-state index contributed by atoms with van der Waals surface area (Å²) in [6.45, 7) is 8.05. The number of amides is 2. The first-order valence-electron chi connectivity index (χ1n) is 11.4. The maximum absolute atomic E-state index is 13.5. The second-order valence-electron chi connectivity index (χ2n) is 9.07. The highest BCUT2D eigenvalue weighted by molar-refractivity contribution is 7.13. The molecule has 10 heteroatoms. The molecule has 34 heavy (non-hydrogen) atoms.